The molecule has 0 aliphatic carbocycles. The molecular weight excluding hydrogens is 459 g/mol. The minimum Gasteiger partial charge on any atom is -0.465 e. The average molecular weight is 477 g/mol. The fraction of sp³-hybridized carbons (Fsp3) is 0.529. The standard InChI is InChI=1S/C17H17F5O4S3/c1-7-5-16(27-6-8(7)2,17(21,22)15(19)20)11(18)14-28-9(12(23)25-3)10(29-14)13(24)26-4/h15H,5-6H2,1-4H3. The highest BCUT2D eigenvalue weighted by Crippen LogP contribution is 2.61. The Hall–Kier alpha value is -1.14. The summed E-state index contributed by atoms with van der Waals surface area (Å²) >= 11 is 1.16. The van der Waals surface area contributed by atoms with Crippen LogP contribution in [0.4, 0.5) is 22.0 Å². The van der Waals surface area contributed by atoms with E-state index in [1.165, 1.54) is 6.92 Å². The van der Waals surface area contributed by atoms with Gasteiger partial charge in [-0.15, -0.1) is 11.8 Å². The van der Waals surface area contributed by atoms with E-state index in [0.29, 0.717) is 46.4 Å². The number of hydrogen-bond acceptors (Lipinski definition) is 7. The first kappa shape index (κ1) is 24.1. The number of carbonyl (C=O) groups is 2. The van der Waals surface area contributed by atoms with Crippen molar-refractivity contribution in [3.63, 3.8) is 0 Å². The number of methoxy groups -OCH3 is 2. The van der Waals surface area contributed by atoms with Gasteiger partial charge in [-0.05, 0) is 20.3 Å². The molecule has 4 nitrogen and oxygen atoms in total. The number of rotatable bonds is 5. The zero-order chi connectivity index (χ0) is 22.1. The van der Waals surface area contributed by atoms with Gasteiger partial charge in [0.2, 0.25) is 0 Å². The number of allylic oxidation sites excluding steroid dienone is 1. The van der Waals surface area contributed by atoms with Crippen LogP contribution < -0.4 is 0 Å². The lowest BCUT2D eigenvalue weighted by Crippen LogP contribution is -2.52. The number of ether oxygens (including phenoxy) is 2. The summed E-state index contributed by atoms with van der Waals surface area (Å²) in [7, 11) is 2.04. The van der Waals surface area contributed by atoms with Gasteiger partial charge in [-0.2, -0.15) is 8.78 Å². The fourth-order valence-electron chi connectivity index (χ4n) is 2.62. The van der Waals surface area contributed by atoms with Crippen LogP contribution in [-0.4, -0.2) is 49.0 Å². The van der Waals surface area contributed by atoms with E-state index in [4.69, 9.17) is 0 Å². The zero-order valence-electron chi connectivity index (χ0n) is 15.7. The molecule has 0 aromatic carbocycles. The van der Waals surface area contributed by atoms with E-state index in [1.54, 1.807) is 6.92 Å². The number of hydrogen-bond donors (Lipinski definition) is 0. The third kappa shape index (κ3) is 4.20. The second-order valence-corrected chi connectivity index (χ2v) is 9.80. The summed E-state index contributed by atoms with van der Waals surface area (Å²) in [6.45, 7) is 3.14. The topological polar surface area (TPSA) is 52.6 Å². The molecule has 1 atom stereocenters. The van der Waals surface area contributed by atoms with Crippen molar-refractivity contribution in [1.29, 1.82) is 0 Å². The molecule has 2 rings (SSSR count). The molecule has 12 heteroatoms. The smallest absolute Gasteiger partial charge is 0.346 e. The van der Waals surface area contributed by atoms with Crippen LogP contribution in [0.15, 0.2) is 31.0 Å². The van der Waals surface area contributed by atoms with Crippen LogP contribution in [0.3, 0.4) is 0 Å². The van der Waals surface area contributed by atoms with E-state index in [9.17, 15) is 27.2 Å². The molecule has 0 aromatic rings. The predicted octanol–water partition coefficient (Wildman–Crippen LogP) is 5.28. The fourth-order valence-corrected chi connectivity index (χ4v) is 6.78. The Morgan fingerprint density at radius 3 is 1.90 bits per heavy atom. The van der Waals surface area contributed by atoms with Gasteiger partial charge in [-0.25, -0.2) is 22.8 Å². The van der Waals surface area contributed by atoms with Gasteiger partial charge < -0.3 is 9.47 Å². The maximum absolute atomic E-state index is 15.5. The summed E-state index contributed by atoms with van der Waals surface area (Å²) in [5.41, 5.74) is 1.08. The molecule has 29 heavy (non-hydrogen) atoms. The quantitative estimate of drug-likeness (QED) is 0.304. The van der Waals surface area contributed by atoms with Gasteiger partial charge in [-0.1, -0.05) is 34.7 Å². The summed E-state index contributed by atoms with van der Waals surface area (Å²) in [6.07, 6.45) is -4.75. The van der Waals surface area contributed by atoms with Crippen LogP contribution in [0.25, 0.3) is 0 Å². The third-order valence-electron chi connectivity index (χ3n) is 4.46. The lowest BCUT2D eigenvalue weighted by Gasteiger charge is -2.41. The summed E-state index contributed by atoms with van der Waals surface area (Å²) < 4.78 is 77.1. The van der Waals surface area contributed by atoms with Crippen molar-refractivity contribution in [3.05, 3.63) is 31.0 Å². The third-order valence-corrected chi connectivity index (χ3v) is 8.64. The van der Waals surface area contributed by atoms with Crippen molar-refractivity contribution >= 4 is 47.2 Å². The predicted molar refractivity (Wildman–Crippen MR) is 104 cm³/mol. The zero-order valence-corrected chi connectivity index (χ0v) is 18.2. The van der Waals surface area contributed by atoms with Crippen molar-refractivity contribution < 1.29 is 41.0 Å². The van der Waals surface area contributed by atoms with Crippen molar-refractivity contribution in [3.8, 4) is 0 Å². The summed E-state index contributed by atoms with van der Waals surface area (Å²) in [6, 6.07) is 0. The minimum atomic E-state index is -4.70. The van der Waals surface area contributed by atoms with Gasteiger partial charge in [-0.3, -0.25) is 0 Å². The monoisotopic (exact) mass is 476 g/mol. The van der Waals surface area contributed by atoms with Gasteiger partial charge in [0.15, 0.2) is 0 Å². The second-order valence-electron chi connectivity index (χ2n) is 6.22. The van der Waals surface area contributed by atoms with E-state index in [0.717, 1.165) is 14.2 Å². The average Bonchev–Trinajstić information content (AvgIpc) is 3.13. The Labute approximate surface area is 176 Å². The van der Waals surface area contributed by atoms with E-state index in [2.05, 4.69) is 9.47 Å². The SMILES string of the molecule is COC(=O)C1=C(C(=O)OC)SC(=C(F)C2(C(F)(F)C(F)F)CC(C)=C(C)CS2)S1. The molecule has 0 fully saturated rings. The van der Waals surface area contributed by atoms with E-state index < -0.39 is 45.5 Å². The molecule has 0 aromatic heterocycles. The number of esters is 2. The van der Waals surface area contributed by atoms with Crippen LogP contribution in [0, 0.1) is 0 Å². The van der Waals surface area contributed by atoms with Crippen LogP contribution in [0.2, 0.25) is 0 Å². The molecule has 2 aliphatic heterocycles. The molecule has 2 heterocycles. The number of thioether (sulfide) groups is 3. The van der Waals surface area contributed by atoms with Crippen LogP contribution in [-0.2, 0) is 19.1 Å². The van der Waals surface area contributed by atoms with Gasteiger partial charge in [0.05, 0.1) is 18.5 Å². The number of alkyl halides is 4. The largest absolute Gasteiger partial charge is 0.465 e. The van der Waals surface area contributed by atoms with Gasteiger partial charge in [0.25, 0.3) is 0 Å². The second kappa shape index (κ2) is 8.93. The highest BCUT2D eigenvalue weighted by Gasteiger charge is 2.65. The molecule has 162 valence electrons. The van der Waals surface area contributed by atoms with Crippen molar-refractivity contribution in [2.24, 2.45) is 0 Å². The Bertz CT molecular complexity index is 792. The van der Waals surface area contributed by atoms with Gasteiger partial charge in [0, 0.05) is 5.75 Å². The highest BCUT2D eigenvalue weighted by atomic mass is 32.2. The molecule has 0 spiro atoms. The Kier molecular flexibility index (Phi) is 7.43. The van der Waals surface area contributed by atoms with E-state index in [1.807, 2.05) is 0 Å². The number of halogens is 5. The first-order valence-corrected chi connectivity index (χ1v) is 10.7. The maximum Gasteiger partial charge on any atom is 0.346 e. The first-order valence-electron chi connectivity index (χ1n) is 8.05. The Morgan fingerprint density at radius 2 is 1.52 bits per heavy atom. The molecule has 0 amide bonds. The van der Waals surface area contributed by atoms with Gasteiger partial charge in [0.1, 0.15) is 20.4 Å². The van der Waals surface area contributed by atoms with Crippen molar-refractivity contribution in [2.75, 3.05) is 20.0 Å². The normalized spacial score (nSPS) is 23.0. The summed E-state index contributed by atoms with van der Waals surface area (Å²) in [4.78, 5) is 23.1. The minimum absolute atomic E-state index is 0.0642. The van der Waals surface area contributed by atoms with E-state index in [-0.39, 0.29) is 15.6 Å². The van der Waals surface area contributed by atoms with Crippen molar-refractivity contribution in [1.82, 2.24) is 0 Å². The van der Waals surface area contributed by atoms with Crippen LogP contribution in [0.5, 0.6) is 0 Å². The molecule has 1 unspecified atom stereocenters. The molecule has 0 saturated heterocycles. The Balaban J connectivity index is 2.61. The van der Waals surface area contributed by atoms with Crippen LogP contribution >= 0.6 is 35.3 Å². The molecular formula is C17H17F5O4S3. The molecule has 0 N–H and O–H groups in total. The van der Waals surface area contributed by atoms with E-state index >= 15 is 4.39 Å². The summed E-state index contributed by atoms with van der Waals surface area (Å²) in [5, 5.41) is 0. The maximum atomic E-state index is 15.5. The number of carbonyl (C=O) groups excluding carboxylic acids is 2. The molecule has 2 aliphatic rings. The Morgan fingerprint density at radius 1 is 1.03 bits per heavy atom. The first-order chi connectivity index (χ1) is 13.4. The summed E-state index contributed by atoms with van der Waals surface area (Å²) in [5.74, 6) is -8.26. The van der Waals surface area contributed by atoms with Crippen LogP contribution in [0.1, 0.15) is 20.3 Å². The van der Waals surface area contributed by atoms with Crippen molar-refractivity contribution in [2.45, 2.75) is 37.4 Å². The lowest BCUT2D eigenvalue weighted by molar-refractivity contribution is -0.148. The highest BCUT2D eigenvalue weighted by molar-refractivity contribution is 8.29. The molecule has 0 saturated carbocycles. The lowest BCUT2D eigenvalue weighted by atomic mass is 9.89. The molecule has 0 radical (unpaired) electrons. The molecule has 0 bridgehead atoms. The van der Waals surface area contributed by atoms with Gasteiger partial charge >= 0.3 is 24.3 Å².